The van der Waals surface area contributed by atoms with Crippen molar-refractivity contribution in [2.75, 3.05) is 19.3 Å². The van der Waals surface area contributed by atoms with Gasteiger partial charge in [0.05, 0.1) is 6.10 Å². The monoisotopic (exact) mass is 309 g/mol. The molecule has 0 spiro atoms. The predicted octanol–water partition coefficient (Wildman–Crippen LogP) is 1.14. The number of nitrogens with zero attached hydrogens (tertiary/aromatic N) is 1. The molecule has 2 aromatic rings. The summed E-state index contributed by atoms with van der Waals surface area (Å²) in [5.41, 5.74) is 7.02. The van der Waals surface area contributed by atoms with Crippen molar-refractivity contribution in [2.45, 2.75) is 23.8 Å². The number of hydrogen-bond donors (Lipinski definition) is 3. The number of aliphatic hydroxyl groups excluding tert-OH is 1. The maximum Gasteiger partial charge on any atom is 0.244 e. The number of aromatic nitrogens is 1. The van der Waals surface area contributed by atoms with Gasteiger partial charge in [-0.25, -0.2) is 12.7 Å². The first-order valence-electron chi connectivity index (χ1n) is 6.89. The van der Waals surface area contributed by atoms with Gasteiger partial charge in [0.15, 0.2) is 0 Å². The first-order chi connectivity index (χ1) is 9.88. The number of nitrogen functional groups attached to an aromatic ring is 1. The fraction of sp³-hybridized carbons (Fsp3) is 0.429. The molecule has 0 atom stereocenters. The van der Waals surface area contributed by atoms with Crippen LogP contribution in [0, 0.1) is 5.92 Å². The molecule has 1 fully saturated rings. The Balaban J connectivity index is 1.90. The molecule has 21 heavy (non-hydrogen) atoms. The van der Waals surface area contributed by atoms with Gasteiger partial charge in [-0.15, -0.1) is 0 Å². The minimum atomic E-state index is -3.56. The van der Waals surface area contributed by atoms with Crippen LogP contribution in [0.4, 0.5) is 5.69 Å². The smallest absolute Gasteiger partial charge is 0.244 e. The average Bonchev–Trinajstić information content (AvgIpc) is 2.80. The van der Waals surface area contributed by atoms with Gasteiger partial charge in [0.1, 0.15) is 4.90 Å². The highest BCUT2D eigenvalue weighted by Gasteiger charge is 2.32. The number of nitrogens with one attached hydrogen (secondary N) is 1. The molecule has 1 aromatic heterocycles. The summed E-state index contributed by atoms with van der Waals surface area (Å²) in [5, 5.41) is 9.91. The largest absolute Gasteiger partial charge is 0.399 e. The molecule has 1 saturated carbocycles. The summed E-state index contributed by atoms with van der Waals surface area (Å²) in [6.07, 6.45) is 2.56. The van der Waals surface area contributed by atoms with E-state index in [9.17, 15) is 13.5 Å². The quantitative estimate of drug-likeness (QED) is 0.737. The van der Waals surface area contributed by atoms with Gasteiger partial charge in [-0.1, -0.05) is 0 Å². The number of fused-ring (bicyclic) bond motifs is 1. The molecule has 6 nitrogen and oxygen atoms in total. The normalized spacial score (nSPS) is 22.6. The van der Waals surface area contributed by atoms with Crippen molar-refractivity contribution < 1.29 is 13.5 Å². The molecule has 3 rings (SSSR count). The summed E-state index contributed by atoms with van der Waals surface area (Å²) in [5.74, 6) is 0.232. The van der Waals surface area contributed by atoms with Gasteiger partial charge in [-0.2, -0.15) is 0 Å². The summed E-state index contributed by atoms with van der Waals surface area (Å²) in [6.45, 7) is 0.425. The highest BCUT2D eigenvalue weighted by Crippen LogP contribution is 2.31. The summed E-state index contributed by atoms with van der Waals surface area (Å²) < 4.78 is 26.7. The number of H-pyrrole nitrogens is 1. The van der Waals surface area contributed by atoms with Crippen LogP contribution in [0.5, 0.6) is 0 Å². The van der Waals surface area contributed by atoms with Gasteiger partial charge in [-0.05, 0) is 37.0 Å². The van der Waals surface area contributed by atoms with Crippen LogP contribution in [0.3, 0.4) is 0 Å². The number of nitrogens with two attached hydrogens (primary N) is 1. The van der Waals surface area contributed by atoms with E-state index in [0.717, 1.165) is 5.52 Å². The Morgan fingerprint density at radius 2 is 2.14 bits per heavy atom. The van der Waals surface area contributed by atoms with Gasteiger partial charge in [0.2, 0.25) is 10.0 Å². The zero-order valence-corrected chi connectivity index (χ0v) is 12.6. The molecule has 0 bridgehead atoms. The molecule has 0 radical (unpaired) electrons. The van der Waals surface area contributed by atoms with Crippen molar-refractivity contribution >= 4 is 26.6 Å². The van der Waals surface area contributed by atoms with Gasteiger partial charge in [-0.3, -0.25) is 0 Å². The van der Waals surface area contributed by atoms with E-state index in [-0.39, 0.29) is 16.9 Å². The second-order valence-corrected chi connectivity index (χ2v) is 7.75. The lowest BCUT2D eigenvalue weighted by Gasteiger charge is -2.33. The maximum absolute atomic E-state index is 12.7. The Bertz CT molecular complexity index is 763. The molecule has 1 aliphatic carbocycles. The summed E-state index contributed by atoms with van der Waals surface area (Å²) >= 11 is 0. The highest BCUT2D eigenvalue weighted by atomic mass is 32.2. The van der Waals surface area contributed by atoms with Crippen molar-refractivity contribution in [3.8, 4) is 0 Å². The molecule has 0 amide bonds. The Morgan fingerprint density at radius 1 is 1.43 bits per heavy atom. The third-order valence-electron chi connectivity index (χ3n) is 4.08. The second-order valence-electron chi connectivity index (χ2n) is 5.73. The van der Waals surface area contributed by atoms with Gasteiger partial charge >= 0.3 is 0 Å². The number of sulfonamides is 1. The molecule has 1 aliphatic rings. The number of benzene rings is 1. The first-order valence-corrected chi connectivity index (χ1v) is 8.33. The van der Waals surface area contributed by atoms with E-state index in [1.54, 1.807) is 25.2 Å². The molecule has 1 heterocycles. The zero-order valence-electron chi connectivity index (χ0n) is 11.8. The molecule has 7 heteroatoms. The maximum atomic E-state index is 12.7. The Hall–Kier alpha value is -1.57. The number of aliphatic hydroxyl groups is 1. The third-order valence-corrected chi connectivity index (χ3v) is 5.95. The second kappa shape index (κ2) is 5.01. The minimum Gasteiger partial charge on any atom is -0.399 e. The zero-order chi connectivity index (χ0) is 15.2. The van der Waals surface area contributed by atoms with Crippen LogP contribution < -0.4 is 5.73 Å². The summed E-state index contributed by atoms with van der Waals surface area (Å²) in [7, 11) is -1.99. The number of rotatable bonds is 4. The number of anilines is 1. The fourth-order valence-corrected chi connectivity index (χ4v) is 4.20. The van der Waals surface area contributed by atoms with Crippen LogP contribution in [0.25, 0.3) is 10.9 Å². The Kier molecular flexibility index (Phi) is 3.43. The van der Waals surface area contributed by atoms with E-state index in [2.05, 4.69) is 4.98 Å². The molecular weight excluding hydrogens is 290 g/mol. The molecule has 0 unspecified atom stereocenters. The predicted molar refractivity (Wildman–Crippen MR) is 81.3 cm³/mol. The van der Waals surface area contributed by atoms with E-state index in [1.807, 2.05) is 0 Å². The molecule has 0 aliphatic heterocycles. The molecular formula is C14H19N3O3S. The van der Waals surface area contributed by atoms with Crippen molar-refractivity contribution in [2.24, 2.45) is 5.92 Å². The van der Waals surface area contributed by atoms with Crippen LogP contribution in [-0.2, 0) is 10.0 Å². The van der Waals surface area contributed by atoms with Gasteiger partial charge in [0.25, 0.3) is 0 Å². The lowest BCUT2D eigenvalue weighted by atomic mass is 9.82. The van der Waals surface area contributed by atoms with Gasteiger partial charge < -0.3 is 15.8 Å². The fourth-order valence-electron chi connectivity index (χ4n) is 2.81. The third kappa shape index (κ3) is 2.52. The van der Waals surface area contributed by atoms with Crippen LogP contribution in [-0.4, -0.2) is 42.5 Å². The highest BCUT2D eigenvalue weighted by molar-refractivity contribution is 7.89. The van der Waals surface area contributed by atoms with Crippen molar-refractivity contribution in [1.29, 1.82) is 0 Å². The van der Waals surface area contributed by atoms with E-state index in [4.69, 9.17) is 5.73 Å². The van der Waals surface area contributed by atoms with Crippen LogP contribution in [0.2, 0.25) is 0 Å². The molecule has 114 valence electrons. The summed E-state index contributed by atoms with van der Waals surface area (Å²) in [4.78, 5) is 3.21. The van der Waals surface area contributed by atoms with E-state index >= 15 is 0 Å². The SMILES string of the molecule is CN(CC1CC(O)C1)S(=O)(=O)c1c[nH]c2ccc(N)cc12. The average molecular weight is 309 g/mol. The molecule has 4 N–H and O–H groups in total. The van der Waals surface area contributed by atoms with Crippen molar-refractivity contribution in [3.05, 3.63) is 24.4 Å². The topological polar surface area (TPSA) is 99.4 Å². The van der Waals surface area contributed by atoms with E-state index < -0.39 is 10.0 Å². The van der Waals surface area contributed by atoms with Crippen LogP contribution in [0.15, 0.2) is 29.3 Å². The summed E-state index contributed by atoms with van der Waals surface area (Å²) in [6, 6.07) is 5.17. The number of hydrogen-bond acceptors (Lipinski definition) is 4. The lowest BCUT2D eigenvalue weighted by molar-refractivity contribution is 0.0367. The van der Waals surface area contributed by atoms with Crippen LogP contribution >= 0.6 is 0 Å². The van der Waals surface area contributed by atoms with E-state index in [1.165, 1.54) is 10.5 Å². The molecule has 1 aromatic carbocycles. The lowest BCUT2D eigenvalue weighted by Crippen LogP contribution is -2.39. The Morgan fingerprint density at radius 3 is 2.81 bits per heavy atom. The van der Waals surface area contributed by atoms with E-state index in [0.29, 0.717) is 30.5 Å². The first kappa shape index (κ1) is 14.4. The van der Waals surface area contributed by atoms with Crippen molar-refractivity contribution in [3.63, 3.8) is 0 Å². The standard InChI is InChI=1S/C14H19N3O3S/c1-17(8-9-4-11(18)5-9)21(19,20)14-7-16-13-3-2-10(15)6-12(13)14/h2-3,6-7,9,11,16,18H,4-5,8,15H2,1H3. The van der Waals surface area contributed by atoms with Gasteiger partial charge in [0, 0.05) is 36.4 Å². The molecule has 0 saturated heterocycles. The number of aromatic amines is 1. The van der Waals surface area contributed by atoms with Crippen molar-refractivity contribution in [1.82, 2.24) is 9.29 Å². The van der Waals surface area contributed by atoms with Crippen LogP contribution in [0.1, 0.15) is 12.8 Å². The Labute approximate surface area is 123 Å². The minimum absolute atomic E-state index is 0.232.